The molecule has 4 rings (SSSR count). The Bertz CT molecular complexity index is 832. The minimum atomic E-state index is -0.196. The maximum absolute atomic E-state index is 13.1. The molecule has 1 saturated carbocycles. The van der Waals surface area contributed by atoms with Crippen molar-refractivity contribution in [2.45, 2.75) is 38.6 Å². The molecule has 2 aromatic rings. The van der Waals surface area contributed by atoms with Crippen LogP contribution in [0.3, 0.4) is 0 Å². The highest BCUT2D eigenvalue weighted by Gasteiger charge is 2.28. The summed E-state index contributed by atoms with van der Waals surface area (Å²) in [4.78, 5) is 34.5. The predicted molar refractivity (Wildman–Crippen MR) is 103 cm³/mol. The summed E-state index contributed by atoms with van der Waals surface area (Å²) in [5.41, 5.74) is 1.06. The lowest BCUT2D eigenvalue weighted by atomic mass is 10.2. The first kappa shape index (κ1) is 18.0. The van der Waals surface area contributed by atoms with Crippen molar-refractivity contribution < 1.29 is 9.59 Å². The van der Waals surface area contributed by atoms with Gasteiger partial charge >= 0.3 is 0 Å². The lowest BCUT2D eigenvalue weighted by molar-refractivity contribution is 0.0640. The van der Waals surface area contributed by atoms with Crippen molar-refractivity contribution in [1.29, 1.82) is 0 Å². The zero-order valence-corrected chi connectivity index (χ0v) is 15.9. The van der Waals surface area contributed by atoms with Crippen LogP contribution in [0.5, 0.6) is 0 Å². The molecule has 2 fully saturated rings. The van der Waals surface area contributed by atoms with Crippen LogP contribution in [0.4, 0.5) is 0 Å². The Hall–Kier alpha value is -2.41. The smallest absolute Gasteiger partial charge is 0.287 e. The molecule has 1 aliphatic carbocycles. The molecule has 0 aromatic carbocycles. The van der Waals surface area contributed by atoms with E-state index in [2.05, 4.69) is 22.1 Å². The number of nitrogens with one attached hydrogen (secondary N) is 1. The summed E-state index contributed by atoms with van der Waals surface area (Å²) in [6.07, 6.45) is 6.14. The first-order valence-corrected chi connectivity index (χ1v) is 9.97. The molecule has 1 aliphatic heterocycles. The molecule has 3 heterocycles. The summed E-state index contributed by atoms with van der Waals surface area (Å²) in [6.45, 7) is 6.28. The summed E-state index contributed by atoms with van der Waals surface area (Å²) >= 11 is 0. The Morgan fingerprint density at radius 2 is 1.89 bits per heavy atom. The summed E-state index contributed by atoms with van der Waals surface area (Å²) in [5, 5.41) is 3.08. The molecule has 1 N–H and O–H groups in total. The van der Waals surface area contributed by atoms with Gasteiger partial charge in [-0.2, -0.15) is 0 Å². The van der Waals surface area contributed by atoms with Crippen LogP contribution in [0.2, 0.25) is 0 Å². The molecule has 144 valence electrons. The molecule has 2 amide bonds. The molecular weight excluding hydrogens is 342 g/mol. The average Bonchev–Trinajstić information content (AvgIpc) is 3.35. The van der Waals surface area contributed by atoms with Crippen molar-refractivity contribution in [3.8, 4) is 0 Å². The number of hydrogen-bond acceptors (Lipinski definition) is 4. The van der Waals surface area contributed by atoms with Crippen molar-refractivity contribution in [2.24, 2.45) is 0 Å². The Kier molecular flexibility index (Phi) is 5.11. The van der Waals surface area contributed by atoms with E-state index >= 15 is 0 Å². The van der Waals surface area contributed by atoms with Crippen molar-refractivity contribution in [2.75, 3.05) is 32.7 Å². The maximum Gasteiger partial charge on any atom is 0.287 e. The average molecular weight is 369 g/mol. The summed E-state index contributed by atoms with van der Waals surface area (Å²) in [5.74, 6) is 0.0142. The highest BCUT2D eigenvalue weighted by molar-refractivity contribution is 6.02. The quantitative estimate of drug-likeness (QED) is 0.892. The number of aromatic nitrogens is 2. The topological polar surface area (TPSA) is 69.9 Å². The fourth-order valence-electron chi connectivity index (χ4n) is 4.09. The van der Waals surface area contributed by atoms with Crippen LogP contribution in [0.1, 0.15) is 53.7 Å². The SMILES string of the molecule is CCN1CCN(C(=O)c2nc(C(=O)NC3CCCC3)n3ccccc23)CC1. The zero-order chi connectivity index (χ0) is 18.8. The van der Waals surface area contributed by atoms with Crippen molar-refractivity contribution in [3.63, 3.8) is 0 Å². The van der Waals surface area contributed by atoms with E-state index < -0.39 is 0 Å². The van der Waals surface area contributed by atoms with Crippen LogP contribution in [0, 0.1) is 0 Å². The van der Waals surface area contributed by atoms with Crippen LogP contribution in [0.15, 0.2) is 24.4 Å². The van der Waals surface area contributed by atoms with E-state index in [0.29, 0.717) is 30.1 Å². The standard InChI is InChI=1S/C20H27N5O2/c1-2-23-11-13-24(14-12-23)20(27)17-16-9-5-6-10-25(16)18(22-17)19(26)21-15-7-3-4-8-15/h5-6,9-10,15H,2-4,7-8,11-14H2,1H3,(H,21,26). The highest BCUT2D eigenvalue weighted by atomic mass is 16.2. The first-order valence-electron chi connectivity index (χ1n) is 9.97. The van der Waals surface area contributed by atoms with Gasteiger partial charge in [-0.05, 0) is 31.5 Å². The van der Waals surface area contributed by atoms with Gasteiger partial charge in [-0.15, -0.1) is 0 Å². The summed E-state index contributed by atoms with van der Waals surface area (Å²) in [7, 11) is 0. The van der Waals surface area contributed by atoms with Gasteiger partial charge in [-0.25, -0.2) is 4.98 Å². The van der Waals surface area contributed by atoms with Crippen molar-refractivity contribution in [1.82, 2.24) is 24.5 Å². The van der Waals surface area contributed by atoms with Crippen LogP contribution < -0.4 is 5.32 Å². The normalized spacial score (nSPS) is 18.9. The third-order valence-corrected chi connectivity index (χ3v) is 5.75. The van der Waals surface area contributed by atoms with E-state index in [1.54, 1.807) is 10.6 Å². The van der Waals surface area contributed by atoms with E-state index in [0.717, 1.165) is 45.3 Å². The number of likely N-dealkylation sites (N-methyl/N-ethyl adjacent to an activating group) is 1. The summed E-state index contributed by atoms with van der Waals surface area (Å²) in [6, 6.07) is 5.81. The maximum atomic E-state index is 13.1. The molecule has 2 aliphatic rings. The molecule has 7 nitrogen and oxygen atoms in total. The van der Waals surface area contributed by atoms with Gasteiger partial charge in [0.15, 0.2) is 5.69 Å². The Labute approximate surface area is 159 Å². The molecule has 0 bridgehead atoms. The van der Waals surface area contributed by atoms with Gasteiger partial charge in [0.25, 0.3) is 11.8 Å². The van der Waals surface area contributed by atoms with Crippen LogP contribution in [-0.4, -0.2) is 69.8 Å². The number of carbonyl (C=O) groups excluding carboxylic acids is 2. The fourth-order valence-corrected chi connectivity index (χ4v) is 4.09. The second-order valence-electron chi connectivity index (χ2n) is 7.42. The number of piperazine rings is 1. The van der Waals surface area contributed by atoms with Crippen LogP contribution >= 0.6 is 0 Å². The predicted octanol–water partition coefficient (Wildman–Crippen LogP) is 1.78. The number of fused-ring (bicyclic) bond motifs is 1. The first-order chi connectivity index (χ1) is 13.2. The number of pyridine rings is 1. The molecular formula is C20H27N5O2. The molecule has 0 atom stereocenters. The minimum Gasteiger partial charge on any atom is -0.347 e. The summed E-state index contributed by atoms with van der Waals surface area (Å²) < 4.78 is 1.74. The Balaban J connectivity index is 1.59. The number of hydrogen-bond donors (Lipinski definition) is 1. The lowest BCUT2D eigenvalue weighted by Crippen LogP contribution is -2.48. The van der Waals surface area contributed by atoms with E-state index in [9.17, 15) is 9.59 Å². The van der Waals surface area contributed by atoms with Crippen LogP contribution in [0.25, 0.3) is 5.52 Å². The molecule has 0 radical (unpaired) electrons. The van der Waals surface area contributed by atoms with E-state index in [1.807, 2.05) is 23.1 Å². The molecule has 27 heavy (non-hydrogen) atoms. The largest absolute Gasteiger partial charge is 0.347 e. The van der Waals surface area contributed by atoms with E-state index in [4.69, 9.17) is 0 Å². The lowest BCUT2D eigenvalue weighted by Gasteiger charge is -2.33. The van der Waals surface area contributed by atoms with Crippen LogP contribution in [-0.2, 0) is 0 Å². The molecule has 1 saturated heterocycles. The van der Waals surface area contributed by atoms with Gasteiger partial charge in [0.1, 0.15) is 0 Å². The molecule has 0 unspecified atom stereocenters. The third-order valence-electron chi connectivity index (χ3n) is 5.75. The van der Waals surface area contributed by atoms with Crippen molar-refractivity contribution in [3.05, 3.63) is 35.9 Å². The highest BCUT2D eigenvalue weighted by Crippen LogP contribution is 2.20. The van der Waals surface area contributed by atoms with Gasteiger partial charge in [-0.1, -0.05) is 25.8 Å². The number of imidazole rings is 1. The van der Waals surface area contributed by atoms with Gasteiger partial charge in [0.2, 0.25) is 5.82 Å². The molecule has 7 heteroatoms. The number of carbonyl (C=O) groups is 2. The minimum absolute atomic E-state index is 0.0885. The Morgan fingerprint density at radius 1 is 1.15 bits per heavy atom. The van der Waals surface area contributed by atoms with E-state index in [-0.39, 0.29) is 17.9 Å². The van der Waals surface area contributed by atoms with Crippen molar-refractivity contribution >= 4 is 17.3 Å². The Morgan fingerprint density at radius 3 is 2.59 bits per heavy atom. The number of amides is 2. The second-order valence-corrected chi connectivity index (χ2v) is 7.42. The van der Waals surface area contributed by atoms with E-state index in [1.165, 1.54) is 0 Å². The van der Waals surface area contributed by atoms with Gasteiger partial charge in [0, 0.05) is 38.4 Å². The van der Waals surface area contributed by atoms with Gasteiger partial charge in [-0.3, -0.25) is 14.0 Å². The molecule has 2 aromatic heterocycles. The zero-order valence-electron chi connectivity index (χ0n) is 15.9. The third kappa shape index (κ3) is 3.56. The fraction of sp³-hybridized carbons (Fsp3) is 0.550. The second kappa shape index (κ2) is 7.68. The molecule has 0 spiro atoms. The number of rotatable bonds is 4. The number of nitrogens with zero attached hydrogens (tertiary/aromatic N) is 4. The monoisotopic (exact) mass is 369 g/mol. The van der Waals surface area contributed by atoms with Gasteiger partial charge < -0.3 is 15.1 Å². The van der Waals surface area contributed by atoms with Gasteiger partial charge in [0.05, 0.1) is 5.52 Å².